The van der Waals surface area contributed by atoms with Crippen molar-refractivity contribution in [3.05, 3.63) is 35.4 Å². The number of isocyanates is 1. The van der Waals surface area contributed by atoms with E-state index >= 15 is 0 Å². The number of rotatable bonds is 3. The van der Waals surface area contributed by atoms with Gasteiger partial charge in [-0.1, -0.05) is 19.1 Å². The van der Waals surface area contributed by atoms with E-state index in [1.165, 1.54) is 18.2 Å². The molecule has 0 unspecified atom stereocenters. The minimum Gasteiger partial charge on any atom is -0.211 e. The first-order chi connectivity index (χ1) is 6.70. The molecule has 14 heavy (non-hydrogen) atoms. The Kier molecular flexibility index (Phi) is 3.48. The summed E-state index contributed by atoms with van der Waals surface area (Å²) in [5.41, 5.74) is 0.0934. The average molecular weight is 197 g/mol. The molecule has 0 bridgehead atoms. The van der Waals surface area contributed by atoms with Gasteiger partial charge in [0.05, 0.1) is 6.04 Å². The molecule has 0 aliphatic heterocycles. The molecular formula is C10H9F2NO. The van der Waals surface area contributed by atoms with Gasteiger partial charge < -0.3 is 0 Å². The molecule has 0 fully saturated rings. The van der Waals surface area contributed by atoms with Crippen molar-refractivity contribution in [2.24, 2.45) is 4.99 Å². The Bertz CT molecular complexity index is 372. The molecule has 0 aromatic heterocycles. The van der Waals surface area contributed by atoms with E-state index in [0.29, 0.717) is 6.42 Å². The van der Waals surface area contributed by atoms with E-state index in [1.54, 1.807) is 6.92 Å². The maximum atomic E-state index is 13.2. The monoisotopic (exact) mass is 197 g/mol. The molecule has 0 radical (unpaired) electrons. The van der Waals surface area contributed by atoms with E-state index in [0.717, 1.165) is 6.07 Å². The second kappa shape index (κ2) is 4.63. The van der Waals surface area contributed by atoms with E-state index in [4.69, 9.17) is 0 Å². The van der Waals surface area contributed by atoms with Gasteiger partial charge in [-0.15, -0.1) is 0 Å². The lowest BCUT2D eigenvalue weighted by Crippen LogP contribution is -1.99. The lowest BCUT2D eigenvalue weighted by molar-refractivity contribution is 0.485. The first-order valence-corrected chi connectivity index (χ1v) is 4.21. The third-order valence-corrected chi connectivity index (χ3v) is 1.94. The van der Waals surface area contributed by atoms with Crippen LogP contribution in [0, 0.1) is 11.6 Å². The number of hydrogen-bond acceptors (Lipinski definition) is 2. The van der Waals surface area contributed by atoms with Gasteiger partial charge in [-0.3, -0.25) is 0 Å². The minimum atomic E-state index is -0.946. The molecule has 0 amide bonds. The van der Waals surface area contributed by atoms with E-state index in [9.17, 15) is 13.6 Å². The Balaban J connectivity index is 3.16. The van der Waals surface area contributed by atoms with Crippen molar-refractivity contribution >= 4 is 6.08 Å². The van der Waals surface area contributed by atoms with Crippen LogP contribution in [-0.2, 0) is 4.79 Å². The predicted octanol–water partition coefficient (Wildman–Crippen LogP) is 2.75. The fraction of sp³-hybridized carbons (Fsp3) is 0.300. The Morgan fingerprint density at radius 2 is 2.21 bits per heavy atom. The number of halogens is 2. The van der Waals surface area contributed by atoms with Gasteiger partial charge in [0, 0.05) is 5.56 Å². The minimum absolute atomic E-state index is 0.0934. The van der Waals surface area contributed by atoms with Crippen molar-refractivity contribution in [1.82, 2.24) is 0 Å². The highest BCUT2D eigenvalue weighted by Crippen LogP contribution is 2.24. The molecule has 74 valence electrons. The summed E-state index contributed by atoms with van der Waals surface area (Å²) in [6.45, 7) is 1.73. The smallest absolute Gasteiger partial charge is 0.211 e. The fourth-order valence-electron chi connectivity index (χ4n) is 1.22. The van der Waals surface area contributed by atoms with Crippen molar-refractivity contribution in [3.63, 3.8) is 0 Å². The van der Waals surface area contributed by atoms with Crippen LogP contribution in [0.5, 0.6) is 0 Å². The molecule has 0 heterocycles. The Labute approximate surface area is 80.3 Å². The lowest BCUT2D eigenvalue weighted by atomic mass is 10.0. The van der Waals surface area contributed by atoms with Gasteiger partial charge >= 0.3 is 0 Å². The van der Waals surface area contributed by atoms with Crippen LogP contribution >= 0.6 is 0 Å². The zero-order valence-corrected chi connectivity index (χ0v) is 7.63. The first-order valence-electron chi connectivity index (χ1n) is 4.21. The average Bonchev–Trinajstić information content (AvgIpc) is 2.19. The molecule has 4 heteroatoms. The molecule has 2 nitrogen and oxygen atoms in total. The molecule has 1 aromatic carbocycles. The number of aliphatic imine (C=N–C) groups is 1. The number of nitrogens with zero attached hydrogens (tertiary/aromatic N) is 1. The van der Waals surface area contributed by atoms with Gasteiger partial charge in [0.2, 0.25) is 6.08 Å². The van der Waals surface area contributed by atoms with Crippen molar-refractivity contribution in [3.8, 4) is 0 Å². The van der Waals surface area contributed by atoms with Crippen molar-refractivity contribution in [1.29, 1.82) is 0 Å². The van der Waals surface area contributed by atoms with Crippen LogP contribution in [0.1, 0.15) is 24.9 Å². The molecule has 0 saturated heterocycles. The molecule has 1 rings (SSSR count). The maximum absolute atomic E-state index is 13.2. The van der Waals surface area contributed by atoms with Crippen LogP contribution in [0.25, 0.3) is 0 Å². The van der Waals surface area contributed by atoms with Crippen molar-refractivity contribution in [2.45, 2.75) is 19.4 Å². The Hall–Kier alpha value is -1.54. The number of carbonyl (C=O) groups excluding carboxylic acids is 1. The molecule has 0 saturated carbocycles. The summed E-state index contributed by atoms with van der Waals surface area (Å²) in [6.07, 6.45) is 1.78. The third-order valence-electron chi connectivity index (χ3n) is 1.94. The Morgan fingerprint density at radius 3 is 2.79 bits per heavy atom. The second-order valence-corrected chi connectivity index (χ2v) is 2.79. The standard InChI is InChI=1S/C10H9F2NO/c1-2-9(13-6-14)7-4-3-5-8(11)10(7)12/h3-5,9H,2H2,1H3/t9-/m1/s1. The maximum Gasteiger partial charge on any atom is 0.235 e. The number of hydrogen-bond donors (Lipinski definition) is 0. The van der Waals surface area contributed by atoms with Crippen LogP contribution < -0.4 is 0 Å². The van der Waals surface area contributed by atoms with Crippen LogP contribution in [0.2, 0.25) is 0 Å². The fourth-order valence-corrected chi connectivity index (χ4v) is 1.22. The molecule has 1 aromatic rings. The number of benzene rings is 1. The van der Waals surface area contributed by atoms with Crippen LogP contribution in [0.15, 0.2) is 23.2 Å². The summed E-state index contributed by atoms with van der Waals surface area (Å²) in [7, 11) is 0. The summed E-state index contributed by atoms with van der Waals surface area (Å²) in [6, 6.07) is 3.17. The van der Waals surface area contributed by atoms with Gasteiger partial charge in [-0.05, 0) is 12.5 Å². The summed E-state index contributed by atoms with van der Waals surface area (Å²) in [4.78, 5) is 13.4. The normalized spacial score (nSPS) is 11.9. The molecule has 1 atom stereocenters. The van der Waals surface area contributed by atoms with E-state index in [-0.39, 0.29) is 5.56 Å². The third kappa shape index (κ3) is 2.03. The van der Waals surface area contributed by atoms with Gasteiger partial charge in [0.25, 0.3) is 0 Å². The summed E-state index contributed by atoms with van der Waals surface area (Å²) in [5, 5.41) is 0. The van der Waals surface area contributed by atoms with Crippen molar-refractivity contribution < 1.29 is 13.6 Å². The van der Waals surface area contributed by atoms with E-state index in [1.807, 2.05) is 0 Å². The predicted molar refractivity (Wildman–Crippen MR) is 47.5 cm³/mol. The zero-order valence-electron chi connectivity index (χ0n) is 7.63. The van der Waals surface area contributed by atoms with Gasteiger partial charge in [-0.25, -0.2) is 13.6 Å². The van der Waals surface area contributed by atoms with Gasteiger partial charge in [0.1, 0.15) is 0 Å². The van der Waals surface area contributed by atoms with E-state index in [2.05, 4.69) is 4.99 Å². The van der Waals surface area contributed by atoms with Crippen LogP contribution in [0.4, 0.5) is 8.78 Å². The summed E-state index contributed by atoms with van der Waals surface area (Å²) in [5.74, 6) is -1.87. The zero-order chi connectivity index (χ0) is 10.6. The van der Waals surface area contributed by atoms with Gasteiger partial charge in [0.15, 0.2) is 11.6 Å². The highest BCUT2D eigenvalue weighted by Gasteiger charge is 2.15. The van der Waals surface area contributed by atoms with Gasteiger partial charge in [-0.2, -0.15) is 4.99 Å². The van der Waals surface area contributed by atoms with Crippen LogP contribution in [-0.4, -0.2) is 6.08 Å². The quantitative estimate of drug-likeness (QED) is 0.541. The first kappa shape index (κ1) is 10.5. The molecular weight excluding hydrogens is 188 g/mol. The van der Waals surface area contributed by atoms with Crippen LogP contribution in [0.3, 0.4) is 0 Å². The highest BCUT2D eigenvalue weighted by atomic mass is 19.2. The highest BCUT2D eigenvalue weighted by molar-refractivity contribution is 5.35. The molecule has 0 aliphatic rings. The molecule has 0 aliphatic carbocycles. The van der Waals surface area contributed by atoms with Crippen molar-refractivity contribution in [2.75, 3.05) is 0 Å². The topological polar surface area (TPSA) is 29.4 Å². The molecule has 0 N–H and O–H groups in total. The largest absolute Gasteiger partial charge is 0.235 e. The molecule has 0 spiro atoms. The van der Waals surface area contributed by atoms with E-state index < -0.39 is 17.7 Å². The SMILES string of the molecule is CC[C@@H](N=C=O)c1cccc(F)c1F. The summed E-state index contributed by atoms with van der Waals surface area (Å²) < 4.78 is 26.0. The lowest BCUT2D eigenvalue weighted by Gasteiger charge is -2.09. The Morgan fingerprint density at radius 1 is 1.50 bits per heavy atom. The second-order valence-electron chi connectivity index (χ2n) is 2.79. The summed E-state index contributed by atoms with van der Waals surface area (Å²) >= 11 is 0.